The number of nitrogens with two attached hydrogens (primary N) is 1. The number of amides is 3. The smallest absolute Gasteiger partial charge is 0.326 e. The van der Waals surface area contributed by atoms with Gasteiger partial charge in [0.15, 0.2) is 0 Å². The maximum atomic E-state index is 12.0. The number of carbonyl (C=O) groups excluding carboxylic acids is 2. The van der Waals surface area contributed by atoms with Crippen molar-refractivity contribution in [3.63, 3.8) is 0 Å². The fraction of sp³-hybridized carbons (Fsp3) is 0.750. The van der Waals surface area contributed by atoms with Crippen LogP contribution in [-0.2, 0) is 9.59 Å². The fourth-order valence-electron chi connectivity index (χ4n) is 2.13. The highest BCUT2D eigenvalue weighted by Gasteiger charge is 2.30. The van der Waals surface area contributed by atoms with E-state index in [1.54, 1.807) is 4.90 Å². The maximum Gasteiger partial charge on any atom is 0.326 e. The predicted octanol–water partition coefficient (Wildman–Crippen LogP) is -0.949. The number of hydrogen-bond acceptors (Lipinski definition) is 4. The Balaban J connectivity index is 2.50. The summed E-state index contributed by atoms with van der Waals surface area (Å²) in [6.07, 6.45) is 0.790. The third-order valence-electron chi connectivity index (χ3n) is 3.46. The lowest BCUT2D eigenvalue weighted by Crippen LogP contribution is -2.48. The highest BCUT2D eigenvalue weighted by Crippen LogP contribution is 2.13. The Morgan fingerprint density at radius 1 is 1.45 bits per heavy atom. The van der Waals surface area contributed by atoms with E-state index < -0.39 is 23.9 Å². The number of carboxylic acids is 1. The Labute approximate surface area is 117 Å². The SMILES string of the molecule is CN(C)C1CCN(C(=O)N[C@@H](CCC(N)=O)C(=O)O)C1. The molecular weight excluding hydrogens is 264 g/mol. The summed E-state index contributed by atoms with van der Waals surface area (Å²) < 4.78 is 0. The van der Waals surface area contributed by atoms with Gasteiger partial charge in [0.05, 0.1) is 0 Å². The number of urea groups is 1. The molecule has 0 aromatic heterocycles. The number of aliphatic carboxylic acids is 1. The van der Waals surface area contributed by atoms with Gasteiger partial charge in [-0.2, -0.15) is 0 Å². The van der Waals surface area contributed by atoms with E-state index in [-0.39, 0.29) is 18.9 Å². The van der Waals surface area contributed by atoms with Gasteiger partial charge in [-0.05, 0) is 26.9 Å². The number of carboxylic acid groups (broad SMARTS) is 1. The first-order valence-electron chi connectivity index (χ1n) is 6.54. The topological polar surface area (TPSA) is 116 Å². The standard InChI is InChI=1S/C12H22N4O4/c1-15(2)8-5-6-16(7-8)12(20)14-9(11(18)19)3-4-10(13)17/h8-9H,3-7H2,1-2H3,(H2,13,17)(H,14,20)(H,18,19)/t8?,9-/m0/s1. The van der Waals surface area contributed by atoms with Gasteiger partial charge in [0.2, 0.25) is 5.91 Å². The molecule has 0 aliphatic carbocycles. The normalized spacial score (nSPS) is 19.9. The average molecular weight is 286 g/mol. The summed E-state index contributed by atoms with van der Waals surface area (Å²) >= 11 is 0. The van der Waals surface area contributed by atoms with Crippen molar-refractivity contribution >= 4 is 17.9 Å². The van der Waals surface area contributed by atoms with Gasteiger partial charge in [-0.25, -0.2) is 9.59 Å². The van der Waals surface area contributed by atoms with Crippen LogP contribution in [0.15, 0.2) is 0 Å². The zero-order valence-electron chi connectivity index (χ0n) is 11.8. The molecule has 0 aromatic carbocycles. The first kappa shape index (κ1) is 16.2. The van der Waals surface area contributed by atoms with Crippen molar-refractivity contribution in [1.29, 1.82) is 0 Å². The molecule has 1 aliphatic heterocycles. The highest BCUT2D eigenvalue weighted by molar-refractivity contribution is 5.83. The van der Waals surface area contributed by atoms with Crippen LogP contribution in [-0.4, -0.2) is 72.1 Å². The van der Waals surface area contributed by atoms with Gasteiger partial charge in [0.1, 0.15) is 6.04 Å². The van der Waals surface area contributed by atoms with E-state index in [1.165, 1.54) is 0 Å². The van der Waals surface area contributed by atoms with Crippen molar-refractivity contribution < 1.29 is 19.5 Å². The summed E-state index contributed by atoms with van der Waals surface area (Å²) in [6, 6.07) is -1.21. The van der Waals surface area contributed by atoms with Crippen molar-refractivity contribution in [3.05, 3.63) is 0 Å². The van der Waals surface area contributed by atoms with Crippen molar-refractivity contribution in [2.24, 2.45) is 5.73 Å². The highest BCUT2D eigenvalue weighted by atomic mass is 16.4. The quantitative estimate of drug-likeness (QED) is 0.582. The van der Waals surface area contributed by atoms with Gasteiger partial charge in [-0.1, -0.05) is 0 Å². The minimum atomic E-state index is -1.16. The number of likely N-dealkylation sites (tertiary alicyclic amines) is 1. The van der Waals surface area contributed by atoms with E-state index in [0.717, 1.165) is 6.42 Å². The van der Waals surface area contributed by atoms with Gasteiger partial charge in [0, 0.05) is 25.6 Å². The number of nitrogens with zero attached hydrogens (tertiary/aromatic N) is 2. The molecule has 3 amide bonds. The van der Waals surface area contributed by atoms with Crippen LogP contribution in [0.1, 0.15) is 19.3 Å². The van der Waals surface area contributed by atoms with Gasteiger partial charge in [0.25, 0.3) is 0 Å². The molecule has 1 saturated heterocycles. The molecule has 2 atom stereocenters. The van der Waals surface area contributed by atoms with Crippen molar-refractivity contribution in [2.45, 2.75) is 31.3 Å². The molecule has 0 aromatic rings. The number of carbonyl (C=O) groups is 3. The van der Waals surface area contributed by atoms with Crippen molar-refractivity contribution in [2.75, 3.05) is 27.2 Å². The second-order valence-corrected chi connectivity index (χ2v) is 5.20. The van der Waals surface area contributed by atoms with E-state index in [0.29, 0.717) is 13.1 Å². The Morgan fingerprint density at radius 3 is 2.55 bits per heavy atom. The van der Waals surface area contributed by atoms with Crippen molar-refractivity contribution in [1.82, 2.24) is 15.1 Å². The summed E-state index contributed by atoms with van der Waals surface area (Å²) in [6.45, 7) is 1.16. The molecule has 0 radical (unpaired) electrons. The molecule has 1 rings (SSSR count). The third-order valence-corrected chi connectivity index (χ3v) is 3.46. The molecule has 114 valence electrons. The molecule has 20 heavy (non-hydrogen) atoms. The molecule has 8 nitrogen and oxygen atoms in total. The zero-order chi connectivity index (χ0) is 15.3. The molecule has 1 fully saturated rings. The molecule has 1 heterocycles. The molecule has 8 heteroatoms. The Hall–Kier alpha value is -1.83. The lowest BCUT2D eigenvalue weighted by atomic mass is 10.1. The number of likely N-dealkylation sites (N-methyl/N-ethyl adjacent to an activating group) is 1. The Morgan fingerprint density at radius 2 is 2.10 bits per heavy atom. The molecule has 0 saturated carbocycles. The first-order valence-corrected chi connectivity index (χ1v) is 6.54. The van der Waals surface area contributed by atoms with E-state index in [2.05, 4.69) is 5.32 Å². The minimum Gasteiger partial charge on any atom is -0.480 e. The van der Waals surface area contributed by atoms with Crippen LogP contribution in [0.3, 0.4) is 0 Å². The summed E-state index contributed by atoms with van der Waals surface area (Å²) in [4.78, 5) is 37.3. The van der Waals surface area contributed by atoms with Crippen LogP contribution in [0.5, 0.6) is 0 Å². The third kappa shape index (κ3) is 4.69. The Kier molecular flexibility index (Phi) is 5.75. The summed E-state index contributed by atoms with van der Waals surface area (Å²) in [7, 11) is 3.89. The van der Waals surface area contributed by atoms with Gasteiger partial charge >= 0.3 is 12.0 Å². The van der Waals surface area contributed by atoms with Crippen LogP contribution in [0, 0.1) is 0 Å². The molecular formula is C12H22N4O4. The van der Waals surface area contributed by atoms with Gasteiger partial charge < -0.3 is 26.0 Å². The summed E-state index contributed by atoms with van der Waals surface area (Å²) in [5.74, 6) is -1.75. The molecule has 4 N–H and O–H groups in total. The Bertz CT molecular complexity index is 386. The van der Waals surface area contributed by atoms with Crippen LogP contribution in [0.2, 0.25) is 0 Å². The zero-order valence-corrected chi connectivity index (χ0v) is 11.8. The molecule has 1 unspecified atom stereocenters. The first-order chi connectivity index (χ1) is 9.31. The van der Waals surface area contributed by atoms with Crippen LogP contribution in [0.25, 0.3) is 0 Å². The lowest BCUT2D eigenvalue weighted by Gasteiger charge is -2.22. The van der Waals surface area contributed by atoms with Crippen LogP contribution < -0.4 is 11.1 Å². The largest absolute Gasteiger partial charge is 0.480 e. The maximum absolute atomic E-state index is 12.0. The van der Waals surface area contributed by atoms with E-state index >= 15 is 0 Å². The predicted molar refractivity (Wildman–Crippen MR) is 72.0 cm³/mol. The lowest BCUT2D eigenvalue weighted by molar-refractivity contribution is -0.139. The fourth-order valence-corrected chi connectivity index (χ4v) is 2.13. The van der Waals surface area contributed by atoms with Crippen molar-refractivity contribution in [3.8, 4) is 0 Å². The number of hydrogen-bond donors (Lipinski definition) is 3. The summed E-state index contributed by atoms with van der Waals surface area (Å²) in [5, 5.41) is 11.5. The second-order valence-electron chi connectivity index (χ2n) is 5.20. The van der Waals surface area contributed by atoms with Gasteiger partial charge in [-0.15, -0.1) is 0 Å². The minimum absolute atomic E-state index is 0.00135. The van der Waals surface area contributed by atoms with Crippen LogP contribution >= 0.6 is 0 Å². The van der Waals surface area contributed by atoms with Crippen LogP contribution in [0.4, 0.5) is 4.79 Å². The van der Waals surface area contributed by atoms with Gasteiger partial charge in [-0.3, -0.25) is 4.79 Å². The summed E-state index contributed by atoms with van der Waals surface area (Å²) in [5.41, 5.74) is 4.98. The number of primary amides is 1. The number of nitrogens with one attached hydrogen (secondary N) is 1. The number of rotatable bonds is 6. The van der Waals surface area contributed by atoms with E-state index in [4.69, 9.17) is 10.8 Å². The molecule has 1 aliphatic rings. The van der Waals surface area contributed by atoms with E-state index in [1.807, 2.05) is 19.0 Å². The molecule has 0 spiro atoms. The van der Waals surface area contributed by atoms with E-state index in [9.17, 15) is 14.4 Å². The molecule has 0 bridgehead atoms. The second kappa shape index (κ2) is 7.09. The average Bonchev–Trinajstić information content (AvgIpc) is 2.83. The monoisotopic (exact) mass is 286 g/mol.